The van der Waals surface area contributed by atoms with E-state index in [4.69, 9.17) is 10.5 Å². The monoisotopic (exact) mass is 286 g/mol. The molecule has 1 saturated heterocycles. The summed E-state index contributed by atoms with van der Waals surface area (Å²) in [7, 11) is 0. The third-order valence-corrected chi connectivity index (χ3v) is 3.68. The topological polar surface area (TPSA) is 82.2 Å². The highest BCUT2D eigenvalue weighted by molar-refractivity contribution is 5.94. The maximum Gasteiger partial charge on any atom is 0.254 e. The minimum absolute atomic E-state index is 0.128. The van der Waals surface area contributed by atoms with Gasteiger partial charge < -0.3 is 15.8 Å². The average Bonchev–Trinajstić information content (AvgIpc) is 3.09. The van der Waals surface area contributed by atoms with E-state index in [-0.39, 0.29) is 17.9 Å². The Hall–Kier alpha value is -2.34. The van der Waals surface area contributed by atoms with Crippen molar-refractivity contribution in [2.75, 3.05) is 17.7 Å². The van der Waals surface area contributed by atoms with Crippen molar-refractivity contribution in [2.24, 2.45) is 5.92 Å². The van der Waals surface area contributed by atoms with Crippen molar-refractivity contribution in [3.63, 3.8) is 0 Å². The number of anilines is 2. The van der Waals surface area contributed by atoms with E-state index in [0.717, 1.165) is 12.1 Å². The number of hydrogen-bond donors (Lipinski definition) is 2. The molecule has 2 unspecified atom stereocenters. The lowest BCUT2D eigenvalue weighted by atomic mass is 10.0. The second-order valence-electron chi connectivity index (χ2n) is 5.27. The van der Waals surface area contributed by atoms with Crippen molar-refractivity contribution in [3.8, 4) is 5.69 Å². The number of aromatic nitrogens is 2. The number of rotatable bonds is 3. The predicted molar refractivity (Wildman–Crippen MR) is 80.1 cm³/mol. The lowest BCUT2D eigenvalue weighted by Gasteiger charge is -2.15. The van der Waals surface area contributed by atoms with Gasteiger partial charge in [-0.15, -0.1) is 0 Å². The number of ether oxygens (including phenoxy) is 1. The zero-order chi connectivity index (χ0) is 14.8. The molecule has 2 heterocycles. The Morgan fingerprint density at radius 3 is 2.81 bits per heavy atom. The summed E-state index contributed by atoms with van der Waals surface area (Å²) in [6, 6.07) is 9.06. The number of amides is 1. The maximum absolute atomic E-state index is 12.3. The zero-order valence-corrected chi connectivity index (χ0v) is 11.8. The fraction of sp³-hybridized carbons (Fsp3) is 0.333. The van der Waals surface area contributed by atoms with Gasteiger partial charge in [0.1, 0.15) is 11.9 Å². The molecular formula is C15H18N4O2. The van der Waals surface area contributed by atoms with Crippen molar-refractivity contribution < 1.29 is 9.53 Å². The van der Waals surface area contributed by atoms with Crippen molar-refractivity contribution >= 4 is 17.4 Å². The average molecular weight is 286 g/mol. The van der Waals surface area contributed by atoms with E-state index >= 15 is 0 Å². The first-order chi connectivity index (χ1) is 10.1. The molecule has 2 atom stereocenters. The summed E-state index contributed by atoms with van der Waals surface area (Å²) < 4.78 is 7.14. The molecule has 3 N–H and O–H groups in total. The molecule has 110 valence electrons. The van der Waals surface area contributed by atoms with Crippen LogP contribution in [0.2, 0.25) is 0 Å². The number of benzene rings is 1. The van der Waals surface area contributed by atoms with Gasteiger partial charge in [0.25, 0.3) is 5.91 Å². The van der Waals surface area contributed by atoms with Crippen LogP contribution < -0.4 is 11.1 Å². The Balaban J connectivity index is 1.79. The SMILES string of the molecule is CC1CCOC1C(=O)Nc1ccnn1-c1ccc(N)cc1. The summed E-state index contributed by atoms with van der Waals surface area (Å²) in [5.41, 5.74) is 7.20. The van der Waals surface area contributed by atoms with Gasteiger partial charge in [0.05, 0.1) is 11.9 Å². The standard InChI is InChI=1S/C15H18N4O2/c1-10-7-9-21-14(10)15(20)18-13-6-8-17-19(13)12-4-2-11(16)3-5-12/h2-6,8,10,14H,7,9,16H2,1H3,(H,18,20). The van der Waals surface area contributed by atoms with E-state index in [9.17, 15) is 4.79 Å². The van der Waals surface area contributed by atoms with Crippen LogP contribution in [0.25, 0.3) is 5.69 Å². The van der Waals surface area contributed by atoms with Crippen molar-refractivity contribution in [2.45, 2.75) is 19.4 Å². The van der Waals surface area contributed by atoms with Gasteiger partial charge in [0.2, 0.25) is 0 Å². The number of carbonyl (C=O) groups is 1. The molecule has 2 aromatic rings. The lowest BCUT2D eigenvalue weighted by Crippen LogP contribution is -2.32. The normalized spacial score (nSPS) is 21.4. The summed E-state index contributed by atoms with van der Waals surface area (Å²) in [6.07, 6.45) is 2.17. The molecular weight excluding hydrogens is 268 g/mol. The van der Waals surface area contributed by atoms with Gasteiger partial charge in [0.15, 0.2) is 0 Å². The van der Waals surface area contributed by atoms with Crippen LogP contribution >= 0.6 is 0 Å². The number of nitrogens with two attached hydrogens (primary N) is 1. The van der Waals surface area contributed by atoms with Gasteiger partial charge in [-0.2, -0.15) is 5.10 Å². The van der Waals surface area contributed by atoms with E-state index in [0.29, 0.717) is 18.1 Å². The fourth-order valence-electron chi connectivity index (χ4n) is 2.45. The molecule has 0 saturated carbocycles. The molecule has 0 aliphatic carbocycles. The van der Waals surface area contributed by atoms with E-state index in [2.05, 4.69) is 10.4 Å². The molecule has 1 amide bonds. The molecule has 1 aliphatic heterocycles. The number of nitrogens with one attached hydrogen (secondary N) is 1. The van der Waals surface area contributed by atoms with Crippen molar-refractivity contribution in [1.82, 2.24) is 9.78 Å². The Bertz CT molecular complexity index is 635. The van der Waals surface area contributed by atoms with Crippen LogP contribution in [0, 0.1) is 5.92 Å². The first kappa shape index (κ1) is 13.6. The van der Waals surface area contributed by atoms with Crippen LogP contribution in [0.1, 0.15) is 13.3 Å². The van der Waals surface area contributed by atoms with Crippen LogP contribution in [0.5, 0.6) is 0 Å². The minimum Gasteiger partial charge on any atom is -0.399 e. The molecule has 6 nitrogen and oxygen atoms in total. The van der Waals surface area contributed by atoms with Gasteiger partial charge in [-0.3, -0.25) is 4.79 Å². The highest BCUT2D eigenvalue weighted by Gasteiger charge is 2.31. The third-order valence-electron chi connectivity index (χ3n) is 3.68. The fourth-order valence-corrected chi connectivity index (χ4v) is 2.45. The summed E-state index contributed by atoms with van der Waals surface area (Å²) in [5, 5.41) is 7.12. The van der Waals surface area contributed by atoms with Crippen LogP contribution in [-0.2, 0) is 9.53 Å². The van der Waals surface area contributed by atoms with Gasteiger partial charge in [-0.05, 0) is 36.6 Å². The molecule has 0 spiro atoms. The molecule has 1 aromatic carbocycles. The van der Waals surface area contributed by atoms with Crippen LogP contribution in [-0.4, -0.2) is 28.4 Å². The Kier molecular flexibility index (Phi) is 3.62. The first-order valence-corrected chi connectivity index (χ1v) is 6.97. The molecule has 21 heavy (non-hydrogen) atoms. The summed E-state index contributed by atoms with van der Waals surface area (Å²) in [6.45, 7) is 2.66. The molecule has 1 aliphatic rings. The van der Waals surface area contributed by atoms with Gasteiger partial charge in [-0.1, -0.05) is 6.92 Å². The summed E-state index contributed by atoms with van der Waals surface area (Å²) >= 11 is 0. The van der Waals surface area contributed by atoms with E-state index in [1.165, 1.54) is 0 Å². The number of carbonyl (C=O) groups excluding carboxylic acids is 1. The summed E-state index contributed by atoms with van der Waals surface area (Å²) in [4.78, 5) is 12.3. The molecule has 0 radical (unpaired) electrons. The number of hydrogen-bond acceptors (Lipinski definition) is 4. The van der Waals surface area contributed by atoms with E-state index in [1.54, 1.807) is 29.1 Å². The van der Waals surface area contributed by atoms with Crippen LogP contribution in [0.3, 0.4) is 0 Å². The van der Waals surface area contributed by atoms with Crippen LogP contribution in [0.4, 0.5) is 11.5 Å². The summed E-state index contributed by atoms with van der Waals surface area (Å²) in [5.74, 6) is 0.725. The Morgan fingerprint density at radius 1 is 1.38 bits per heavy atom. The van der Waals surface area contributed by atoms with Crippen molar-refractivity contribution in [3.05, 3.63) is 36.5 Å². The molecule has 3 rings (SSSR count). The van der Waals surface area contributed by atoms with Crippen LogP contribution in [0.15, 0.2) is 36.5 Å². The second kappa shape index (κ2) is 5.57. The molecule has 1 aromatic heterocycles. The largest absolute Gasteiger partial charge is 0.399 e. The minimum atomic E-state index is -0.389. The Labute approximate surface area is 122 Å². The highest BCUT2D eigenvalue weighted by atomic mass is 16.5. The smallest absolute Gasteiger partial charge is 0.254 e. The molecule has 1 fully saturated rings. The van der Waals surface area contributed by atoms with E-state index in [1.807, 2.05) is 19.1 Å². The number of nitrogen functional groups attached to an aromatic ring is 1. The highest BCUT2D eigenvalue weighted by Crippen LogP contribution is 2.22. The van der Waals surface area contributed by atoms with Gasteiger partial charge >= 0.3 is 0 Å². The maximum atomic E-state index is 12.3. The van der Waals surface area contributed by atoms with E-state index < -0.39 is 0 Å². The van der Waals surface area contributed by atoms with Gasteiger partial charge in [-0.25, -0.2) is 4.68 Å². The molecule has 6 heteroatoms. The molecule has 0 bridgehead atoms. The lowest BCUT2D eigenvalue weighted by molar-refractivity contribution is -0.126. The first-order valence-electron chi connectivity index (χ1n) is 6.97. The number of nitrogens with zero attached hydrogens (tertiary/aromatic N) is 2. The van der Waals surface area contributed by atoms with Crippen molar-refractivity contribution in [1.29, 1.82) is 0 Å². The second-order valence-corrected chi connectivity index (χ2v) is 5.27. The third kappa shape index (κ3) is 2.75. The quantitative estimate of drug-likeness (QED) is 0.843. The zero-order valence-electron chi connectivity index (χ0n) is 11.8. The van der Waals surface area contributed by atoms with Gasteiger partial charge in [0, 0.05) is 18.4 Å². The Morgan fingerprint density at radius 2 is 2.14 bits per heavy atom. The predicted octanol–water partition coefficient (Wildman–Crippen LogP) is 1.82.